The average Bonchev–Trinajstić information content (AvgIpc) is 2.82. The summed E-state index contributed by atoms with van der Waals surface area (Å²) in [5.74, 6) is 0.264. The molecule has 2 heterocycles. The summed E-state index contributed by atoms with van der Waals surface area (Å²) < 4.78 is 10.8. The fourth-order valence-corrected chi connectivity index (χ4v) is 2.02. The van der Waals surface area contributed by atoms with Crippen LogP contribution in [0, 0.1) is 0 Å². The van der Waals surface area contributed by atoms with E-state index in [9.17, 15) is 9.59 Å². The molecule has 0 radical (unpaired) electrons. The smallest absolute Gasteiger partial charge is 0.255 e. The molecule has 0 bridgehead atoms. The van der Waals surface area contributed by atoms with Gasteiger partial charge in [-0.2, -0.15) is 0 Å². The number of pyridine rings is 1. The van der Waals surface area contributed by atoms with Gasteiger partial charge in [0, 0.05) is 18.5 Å². The van der Waals surface area contributed by atoms with Crippen LogP contribution >= 0.6 is 0 Å². The van der Waals surface area contributed by atoms with Crippen LogP contribution < -0.4 is 15.2 Å². The highest BCUT2D eigenvalue weighted by Crippen LogP contribution is 2.34. The van der Waals surface area contributed by atoms with Gasteiger partial charge in [-0.05, 0) is 35.9 Å². The van der Waals surface area contributed by atoms with Gasteiger partial charge in [0.05, 0.1) is 5.56 Å². The van der Waals surface area contributed by atoms with E-state index in [2.05, 4.69) is 4.98 Å². The summed E-state index contributed by atoms with van der Waals surface area (Å²) in [4.78, 5) is 26.9. The Hall–Kier alpha value is -3.15. The molecule has 2 aromatic rings. The molecule has 6 nitrogen and oxygen atoms in total. The predicted octanol–water partition coefficient (Wildman–Crippen LogP) is 1.56. The Morgan fingerprint density at radius 3 is 2.77 bits per heavy atom. The molecule has 0 unspecified atom stereocenters. The van der Waals surface area contributed by atoms with Crippen molar-refractivity contribution in [3.63, 3.8) is 0 Å². The fourth-order valence-electron chi connectivity index (χ4n) is 2.02. The molecule has 0 saturated carbocycles. The minimum Gasteiger partial charge on any atom is -0.484 e. The monoisotopic (exact) mass is 296 g/mol. The largest absolute Gasteiger partial charge is 0.484 e. The van der Waals surface area contributed by atoms with Gasteiger partial charge in [-0.15, -0.1) is 0 Å². The van der Waals surface area contributed by atoms with Crippen molar-refractivity contribution < 1.29 is 19.1 Å². The first-order chi connectivity index (χ1) is 10.6. The second kappa shape index (κ2) is 5.69. The third kappa shape index (κ3) is 2.80. The standard InChI is InChI=1S/C16H12N2O4/c17-15(19)9-21-11-1-2-12-13(8-11)22-14(16(12)20)7-10-3-5-18-6-4-10/h1-8H,9H2,(H2,17,19)/b14-7-. The summed E-state index contributed by atoms with van der Waals surface area (Å²) in [6, 6.07) is 8.30. The molecule has 0 aliphatic carbocycles. The van der Waals surface area contributed by atoms with E-state index in [0.717, 1.165) is 5.56 Å². The van der Waals surface area contributed by atoms with Crippen molar-refractivity contribution in [2.45, 2.75) is 0 Å². The number of Topliss-reactive ketones (excluding diaryl/α,β-unsaturated/α-hetero) is 1. The van der Waals surface area contributed by atoms with Crippen molar-refractivity contribution in [1.29, 1.82) is 0 Å². The van der Waals surface area contributed by atoms with Crippen molar-refractivity contribution in [2.75, 3.05) is 6.61 Å². The predicted molar refractivity (Wildman–Crippen MR) is 78.3 cm³/mol. The molecular weight excluding hydrogens is 284 g/mol. The van der Waals surface area contributed by atoms with Gasteiger partial charge in [0.15, 0.2) is 12.4 Å². The first-order valence-electron chi connectivity index (χ1n) is 6.53. The summed E-state index contributed by atoms with van der Waals surface area (Å²) in [5.41, 5.74) is 6.29. The number of aromatic nitrogens is 1. The van der Waals surface area contributed by atoms with Gasteiger partial charge < -0.3 is 15.2 Å². The third-order valence-corrected chi connectivity index (χ3v) is 3.03. The lowest BCUT2D eigenvalue weighted by Gasteiger charge is -2.04. The van der Waals surface area contributed by atoms with Crippen LogP contribution in [-0.2, 0) is 4.79 Å². The Bertz CT molecular complexity index is 769. The third-order valence-electron chi connectivity index (χ3n) is 3.03. The molecule has 1 aliphatic heterocycles. The number of hydrogen-bond donors (Lipinski definition) is 1. The Labute approximate surface area is 126 Å². The Morgan fingerprint density at radius 1 is 1.27 bits per heavy atom. The van der Waals surface area contributed by atoms with E-state index >= 15 is 0 Å². The molecule has 1 aromatic carbocycles. The maximum atomic E-state index is 12.3. The minimum absolute atomic E-state index is 0.201. The molecule has 22 heavy (non-hydrogen) atoms. The van der Waals surface area contributed by atoms with Crippen LogP contribution in [0.5, 0.6) is 11.5 Å². The topological polar surface area (TPSA) is 91.5 Å². The van der Waals surface area contributed by atoms with Gasteiger partial charge in [0.2, 0.25) is 5.78 Å². The number of amides is 1. The molecule has 1 aromatic heterocycles. The van der Waals surface area contributed by atoms with Crippen LogP contribution in [0.1, 0.15) is 15.9 Å². The van der Waals surface area contributed by atoms with Crippen LogP contribution in [0.4, 0.5) is 0 Å². The highest BCUT2D eigenvalue weighted by molar-refractivity contribution is 6.14. The van der Waals surface area contributed by atoms with Crippen LogP contribution in [0.3, 0.4) is 0 Å². The number of ether oxygens (including phenoxy) is 2. The maximum absolute atomic E-state index is 12.3. The highest BCUT2D eigenvalue weighted by Gasteiger charge is 2.27. The summed E-state index contributed by atoms with van der Waals surface area (Å²) in [5, 5.41) is 0. The summed E-state index contributed by atoms with van der Waals surface area (Å²) in [6.07, 6.45) is 4.91. The Balaban J connectivity index is 1.84. The molecule has 6 heteroatoms. The number of hydrogen-bond acceptors (Lipinski definition) is 5. The van der Waals surface area contributed by atoms with E-state index in [1.165, 1.54) is 0 Å². The number of benzene rings is 1. The number of nitrogens with two attached hydrogens (primary N) is 1. The van der Waals surface area contributed by atoms with Crippen molar-refractivity contribution in [3.05, 3.63) is 59.6 Å². The SMILES string of the molecule is NC(=O)COc1ccc2c(c1)O/C(=C\c1ccncc1)C2=O. The number of rotatable bonds is 4. The van der Waals surface area contributed by atoms with Crippen molar-refractivity contribution in [3.8, 4) is 11.5 Å². The Morgan fingerprint density at radius 2 is 2.05 bits per heavy atom. The molecule has 110 valence electrons. The lowest BCUT2D eigenvalue weighted by molar-refractivity contribution is -0.119. The van der Waals surface area contributed by atoms with Gasteiger partial charge in [-0.25, -0.2) is 0 Å². The van der Waals surface area contributed by atoms with Gasteiger partial charge >= 0.3 is 0 Å². The number of primary amides is 1. The molecule has 3 rings (SSSR count). The first-order valence-corrected chi connectivity index (χ1v) is 6.53. The summed E-state index contributed by atoms with van der Waals surface area (Å²) >= 11 is 0. The molecule has 0 spiro atoms. The van der Waals surface area contributed by atoms with E-state index in [4.69, 9.17) is 15.2 Å². The van der Waals surface area contributed by atoms with Gasteiger partial charge in [-0.1, -0.05) is 0 Å². The molecule has 0 fully saturated rings. The van der Waals surface area contributed by atoms with Gasteiger partial charge in [0.25, 0.3) is 5.91 Å². The summed E-state index contributed by atoms with van der Waals surface area (Å²) in [6.45, 7) is -0.230. The van der Waals surface area contributed by atoms with Crippen molar-refractivity contribution in [2.24, 2.45) is 5.73 Å². The van der Waals surface area contributed by atoms with E-state index in [-0.39, 0.29) is 18.1 Å². The quantitative estimate of drug-likeness (QED) is 0.864. The second-order valence-electron chi connectivity index (χ2n) is 4.63. The lowest BCUT2D eigenvalue weighted by Crippen LogP contribution is -2.19. The molecular formula is C16H12N2O4. The normalized spacial score (nSPS) is 14.5. The van der Waals surface area contributed by atoms with Crippen LogP contribution in [0.15, 0.2) is 48.5 Å². The molecule has 0 atom stereocenters. The zero-order valence-electron chi connectivity index (χ0n) is 11.5. The number of fused-ring (bicyclic) bond motifs is 1. The van der Waals surface area contributed by atoms with E-state index < -0.39 is 5.91 Å². The average molecular weight is 296 g/mol. The molecule has 2 N–H and O–H groups in total. The van der Waals surface area contributed by atoms with E-state index in [1.807, 2.05) is 0 Å². The number of carbonyl (C=O) groups excluding carboxylic acids is 2. The molecule has 0 saturated heterocycles. The number of carbonyl (C=O) groups is 2. The van der Waals surface area contributed by atoms with Crippen LogP contribution in [-0.4, -0.2) is 23.3 Å². The molecule has 1 aliphatic rings. The zero-order chi connectivity index (χ0) is 15.5. The van der Waals surface area contributed by atoms with Crippen molar-refractivity contribution in [1.82, 2.24) is 4.98 Å². The number of allylic oxidation sites excluding steroid dienone is 1. The van der Waals surface area contributed by atoms with Gasteiger partial charge in [0.1, 0.15) is 11.5 Å². The van der Waals surface area contributed by atoms with Crippen molar-refractivity contribution >= 4 is 17.8 Å². The maximum Gasteiger partial charge on any atom is 0.255 e. The minimum atomic E-state index is -0.573. The highest BCUT2D eigenvalue weighted by atomic mass is 16.5. The van der Waals surface area contributed by atoms with Crippen LogP contribution in [0.2, 0.25) is 0 Å². The van der Waals surface area contributed by atoms with Gasteiger partial charge in [-0.3, -0.25) is 14.6 Å². The van der Waals surface area contributed by atoms with E-state index in [0.29, 0.717) is 17.1 Å². The second-order valence-corrected chi connectivity index (χ2v) is 4.63. The Kier molecular flexibility index (Phi) is 3.57. The fraction of sp³-hybridized carbons (Fsp3) is 0.0625. The molecule has 1 amide bonds. The summed E-state index contributed by atoms with van der Waals surface area (Å²) in [7, 11) is 0. The van der Waals surface area contributed by atoms with Crippen LogP contribution in [0.25, 0.3) is 6.08 Å². The zero-order valence-corrected chi connectivity index (χ0v) is 11.5. The lowest BCUT2D eigenvalue weighted by atomic mass is 10.1. The number of nitrogens with zero attached hydrogens (tertiary/aromatic N) is 1. The van der Waals surface area contributed by atoms with E-state index in [1.54, 1.807) is 48.8 Å². The first kappa shape index (κ1) is 13.8. The number of ketones is 1.